The predicted molar refractivity (Wildman–Crippen MR) is 71.5 cm³/mol. The van der Waals surface area contributed by atoms with Crippen LogP contribution in [-0.4, -0.2) is 0 Å². The molecule has 94 valence electrons. The van der Waals surface area contributed by atoms with E-state index in [9.17, 15) is 4.39 Å². The van der Waals surface area contributed by atoms with Crippen molar-refractivity contribution < 1.29 is 4.39 Å². The van der Waals surface area contributed by atoms with Crippen molar-refractivity contribution in [2.24, 2.45) is 5.84 Å². The highest BCUT2D eigenvalue weighted by molar-refractivity contribution is 5.39. The van der Waals surface area contributed by atoms with Crippen LogP contribution in [0.4, 0.5) is 4.39 Å². The molecule has 2 nitrogen and oxygen atoms in total. The Labute approximate surface area is 107 Å². The van der Waals surface area contributed by atoms with Gasteiger partial charge in [0.1, 0.15) is 5.82 Å². The molecule has 1 atom stereocenters. The van der Waals surface area contributed by atoms with Crippen LogP contribution in [0.5, 0.6) is 0 Å². The van der Waals surface area contributed by atoms with Gasteiger partial charge in [-0.25, -0.2) is 9.82 Å². The van der Waals surface area contributed by atoms with Crippen molar-refractivity contribution in [1.29, 1.82) is 0 Å². The first-order valence-electron chi connectivity index (χ1n) is 5.90. The van der Waals surface area contributed by atoms with Crippen molar-refractivity contribution in [2.45, 2.75) is 19.9 Å². The minimum absolute atomic E-state index is 0.194. The number of hydrogen-bond donors (Lipinski definition) is 2. The highest BCUT2D eigenvalue weighted by Gasteiger charge is 2.15. The molecule has 0 spiro atoms. The molecule has 3 N–H and O–H groups in total. The average molecular weight is 244 g/mol. The molecule has 0 amide bonds. The summed E-state index contributed by atoms with van der Waals surface area (Å²) in [5.74, 6) is 5.38. The number of benzene rings is 2. The molecular weight excluding hydrogens is 227 g/mol. The third kappa shape index (κ3) is 2.58. The molecule has 0 radical (unpaired) electrons. The third-order valence-electron chi connectivity index (χ3n) is 3.09. The lowest BCUT2D eigenvalue weighted by Crippen LogP contribution is -2.29. The Morgan fingerprint density at radius 1 is 1.11 bits per heavy atom. The number of hydrogen-bond acceptors (Lipinski definition) is 2. The third-order valence-corrected chi connectivity index (χ3v) is 3.09. The molecule has 18 heavy (non-hydrogen) atoms. The Morgan fingerprint density at radius 3 is 2.56 bits per heavy atom. The fourth-order valence-electron chi connectivity index (χ4n) is 2.12. The maximum Gasteiger partial charge on any atom is 0.123 e. The van der Waals surface area contributed by atoms with Gasteiger partial charge < -0.3 is 0 Å². The molecule has 0 aromatic heterocycles. The van der Waals surface area contributed by atoms with Gasteiger partial charge in [-0.05, 0) is 42.7 Å². The summed E-state index contributed by atoms with van der Waals surface area (Å²) in [4.78, 5) is 0. The van der Waals surface area contributed by atoms with E-state index in [2.05, 4.69) is 17.6 Å². The largest absolute Gasteiger partial charge is 0.271 e. The van der Waals surface area contributed by atoms with Gasteiger partial charge in [0.25, 0.3) is 0 Å². The molecule has 3 heteroatoms. The van der Waals surface area contributed by atoms with Gasteiger partial charge in [-0.3, -0.25) is 5.84 Å². The van der Waals surface area contributed by atoms with Gasteiger partial charge in [0.15, 0.2) is 0 Å². The zero-order chi connectivity index (χ0) is 13.1. The van der Waals surface area contributed by atoms with Crippen molar-refractivity contribution in [3.63, 3.8) is 0 Å². The van der Waals surface area contributed by atoms with Gasteiger partial charge in [0, 0.05) is 0 Å². The SMILES string of the molecule is Cc1ccc(C)c(C(NN)c2cccc(F)c2)c1. The fourth-order valence-corrected chi connectivity index (χ4v) is 2.12. The molecule has 0 fully saturated rings. The second-order valence-corrected chi connectivity index (χ2v) is 4.51. The summed E-state index contributed by atoms with van der Waals surface area (Å²) < 4.78 is 13.3. The molecule has 0 heterocycles. The van der Waals surface area contributed by atoms with E-state index in [4.69, 9.17) is 5.84 Å². The van der Waals surface area contributed by atoms with Crippen LogP contribution >= 0.6 is 0 Å². The van der Waals surface area contributed by atoms with Gasteiger partial charge in [0.05, 0.1) is 6.04 Å². The molecule has 1 unspecified atom stereocenters. The van der Waals surface area contributed by atoms with Crippen molar-refractivity contribution in [2.75, 3.05) is 0 Å². The summed E-state index contributed by atoms with van der Waals surface area (Å²) in [6.07, 6.45) is 0. The lowest BCUT2D eigenvalue weighted by atomic mass is 9.94. The number of hydrazine groups is 1. The minimum Gasteiger partial charge on any atom is -0.271 e. The van der Waals surface area contributed by atoms with Gasteiger partial charge in [-0.15, -0.1) is 0 Å². The highest BCUT2D eigenvalue weighted by Crippen LogP contribution is 2.25. The van der Waals surface area contributed by atoms with Crippen LogP contribution < -0.4 is 11.3 Å². The first kappa shape index (κ1) is 12.7. The van der Waals surface area contributed by atoms with Crippen LogP contribution in [0.3, 0.4) is 0 Å². The lowest BCUT2D eigenvalue weighted by molar-refractivity contribution is 0.604. The van der Waals surface area contributed by atoms with Gasteiger partial charge in [-0.2, -0.15) is 0 Å². The molecular formula is C15H17FN2. The molecule has 0 bridgehead atoms. The van der Waals surface area contributed by atoms with E-state index in [1.54, 1.807) is 6.07 Å². The second kappa shape index (κ2) is 5.29. The van der Waals surface area contributed by atoms with Crippen molar-refractivity contribution in [1.82, 2.24) is 5.43 Å². The molecule has 0 saturated carbocycles. The molecule has 0 aliphatic carbocycles. The average Bonchev–Trinajstić information content (AvgIpc) is 2.35. The maximum absolute atomic E-state index is 13.3. The van der Waals surface area contributed by atoms with Gasteiger partial charge in [0.2, 0.25) is 0 Å². The Morgan fingerprint density at radius 2 is 1.89 bits per heavy atom. The predicted octanol–water partition coefficient (Wildman–Crippen LogP) is 3.00. The van der Waals surface area contributed by atoms with Crippen LogP contribution in [0, 0.1) is 19.7 Å². The van der Waals surface area contributed by atoms with Crippen LogP contribution in [0.2, 0.25) is 0 Å². The second-order valence-electron chi connectivity index (χ2n) is 4.51. The Bertz CT molecular complexity index is 552. The van der Waals surface area contributed by atoms with Crippen molar-refractivity contribution in [3.05, 3.63) is 70.5 Å². The van der Waals surface area contributed by atoms with Crippen LogP contribution in [0.15, 0.2) is 42.5 Å². The Hall–Kier alpha value is -1.71. The molecule has 0 aliphatic rings. The summed E-state index contributed by atoms with van der Waals surface area (Å²) in [7, 11) is 0. The number of halogens is 1. The summed E-state index contributed by atoms with van der Waals surface area (Å²) in [5.41, 5.74) is 6.95. The first-order valence-corrected chi connectivity index (χ1v) is 5.90. The molecule has 2 aromatic carbocycles. The van der Waals surface area contributed by atoms with Crippen LogP contribution in [-0.2, 0) is 0 Å². The zero-order valence-electron chi connectivity index (χ0n) is 10.6. The van der Waals surface area contributed by atoms with E-state index in [1.807, 2.05) is 26.0 Å². The van der Waals surface area contributed by atoms with E-state index in [0.29, 0.717) is 0 Å². The van der Waals surface area contributed by atoms with Crippen molar-refractivity contribution >= 4 is 0 Å². The Balaban J connectivity index is 2.48. The van der Waals surface area contributed by atoms with Crippen LogP contribution in [0.25, 0.3) is 0 Å². The zero-order valence-corrected chi connectivity index (χ0v) is 10.6. The van der Waals surface area contributed by atoms with E-state index in [1.165, 1.54) is 12.1 Å². The van der Waals surface area contributed by atoms with E-state index < -0.39 is 0 Å². The van der Waals surface area contributed by atoms with Crippen molar-refractivity contribution in [3.8, 4) is 0 Å². The summed E-state index contributed by atoms with van der Waals surface area (Å²) >= 11 is 0. The number of nitrogens with two attached hydrogens (primary N) is 1. The topological polar surface area (TPSA) is 38.0 Å². The number of nitrogens with one attached hydrogen (secondary N) is 1. The Kier molecular flexibility index (Phi) is 3.75. The number of aryl methyl sites for hydroxylation is 2. The minimum atomic E-state index is -0.252. The van der Waals surface area contributed by atoms with Crippen LogP contribution in [0.1, 0.15) is 28.3 Å². The number of rotatable bonds is 3. The standard InChI is InChI=1S/C15H17FN2/c1-10-6-7-11(2)14(8-10)15(18-17)12-4-3-5-13(16)9-12/h3-9,15,18H,17H2,1-2H3. The molecule has 0 saturated heterocycles. The smallest absolute Gasteiger partial charge is 0.123 e. The first-order chi connectivity index (χ1) is 8.61. The molecule has 2 aromatic rings. The summed E-state index contributed by atoms with van der Waals surface area (Å²) in [6.45, 7) is 4.06. The monoisotopic (exact) mass is 244 g/mol. The van der Waals surface area contributed by atoms with Gasteiger partial charge in [-0.1, -0.05) is 35.9 Å². The summed E-state index contributed by atoms with van der Waals surface area (Å²) in [5, 5.41) is 0. The van der Waals surface area contributed by atoms with E-state index >= 15 is 0 Å². The normalized spacial score (nSPS) is 12.4. The van der Waals surface area contributed by atoms with E-state index in [-0.39, 0.29) is 11.9 Å². The molecule has 0 aliphatic heterocycles. The van der Waals surface area contributed by atoms with E-state index in [0.717, 1.165) is 22.3 Å². The fraction of sp³-hybridized carbons (Fsp3) is 0.200. The summed E-state index contributed by atoms with van der Waals surface area (Å²) in [6, 6.07) is 12.5. The lowest BCUT2D eigenvalue weighted by Gasteiger charge is -2.19. The molecule has 2 rings (SSSR count). The quantitative estimate of drug-likeness (QED) is 0.643. The van der Waals surface area contributed by atoms with Gasteiger partial charge >= 0.3 is 0 Å². The highest BCUT2D eigenvalue weighted by atomic mass is 19.1. The maximum atomic E-state index is 13.3.